The first-order chi connectivity index (χ1) is 5.29. The van der Waals surface area contributed by atoms with E-state index in [1.807, 2.05) is 13.0 Å². The molecule has 0 atom stereocenters. The van der Waals surface area contributed by atoms with E-state index in [4.69, 9.17) is 4.52 Å². The Balaban J connectivity index is 2.96. The molecule has 4 heteroatoms. The summed E-state index contributed by atoms with van der Waals surface area (Å²) in [7, 11) is 0. The van der Waals surface area contributed by atoms with E-state index in [9.17, 15) is 0 Å². The predicted molar refractivity (Wildman–Crippen MR) is 44.2 cm³/mol. The third kappa shape index (κ3) is 0.939. The molecule has 0 aliphatic rings. The molecule has 2 aromatic heterocycles. The highest BCUT2D eigenvalue weighted by Crippen LogP contribution is 2.24. The standard InChI is InChI=1S/C7H5BrN2O/c1-4-6-5(8)2-3-9-7(6)11-10-4/h2-3H,1H3. The van der Waals surface area contributed by atoms with Crippen LogP contribution in [-0.2, 0) is 0 Å². The Bertz CT molecular complexity index is 396. The molecule has 2 aromatic rings. The highest BCUT2D eigenvalue weighted by molar-refractivity contribution is 9.10. The largest absolute Gasteiger partial charge is 0.336 e. The molecule has 3 nitrogen and oxygen atoms in total. The van der Waals surface area contributed by atoms with Crippen molar-refractivity contribution in [2.45, 2.75) is 6.92 Å². The number of aromatic nitrogens is 2. The quantitative estimate of drug-likeness (QED) is 0.673. The summed E-state index contributed by atoms with van der Waals surface area (Å²) >= 11 is 3.39. The number of hydrogen-bond acceptors (Lipinski definition) is 3. The summed E-state index contributed by atoms with van der Waals surface area (Å²) in [6.07, 6.45) is 1.68. The van der Waals surface area contributed by atoms with E-state index in [1.54, 1.807) is 6.20 Å². The minimum absolute atomic E-state index is 0.580. The van der Waals surface area contributed by atoms with E-state index >= 15 is 0 Å². The van der Waals surface area contributed by atoms with Gasteiger partial charge in [-0.05, 0) is 28.9 Å². The number of pyridine rings is 1. The lowest BCUT2D eigenvalue weighted by atomic mass is 10.3. The van der Waals surface area contributed by atoms with Crippen molar-refractivity contribution in [2.75, 3.05) is 0 Å². The lowest BCUT2D eigenvalue weighted by Crippen LogP contribution is -1.74. The van der Waals surface area contributed by atoms with Gasteiger partial charge in [0, 0.05) is 10.7 Å². The molecule has 56 valence electrons. The normalized spacial score (nSPS) is 10.7. The Morgan fingerprint density at radius 1 is 1.55 bits per heavy atom. The van der Waals surface area contributed by atoms with Crippen LogP contribution in [0.3, 0.4) is 0 Å². The van der Waals surface area contributed by atoms with E-state index in [0.717, 1.165) is 15.6 Å². The Kier molecular flexibility index (Phi) is 1.42. The van der Waals surface area contributed by atoms with Gasteiger partial charge in [-0.15, -0.1) is 0 Å². The lowest BCUT2D eigenvalue weighted by molar-refractivity contribution is 0.443. The number of halogens is 1. The van der Waals surface area contributed by atoms with Gasteiger partial charge in [0.05, 0.1) is 11.1 Å². The van der Waals surface area contributed by atoms with Gasteiger partial charge in [-0.2, -0.15) is 0 Å². The minimum atomic E-state index is 0.580. The number of nitrogens with zero attached hydrogens (tertiary/aromatic N) is 2. The van der Waals surface area contributed by atoms with Crippen LogP contribution < -0.4 is 0 Å². The molecule has 2 rings (SSSR count). The summed E-state index contributed by atoms with van der Waals surface area (Å²) in [5.41, 5.74) is 1.44. The molecule has 0 unspecified atom stereocenters. The van der Waals surface area contributed by atoms with Crippen molar-refractivity contribution >= 4 is 27.0 Å². The van der Waals surface area contributed by atoms with E-state index in [0.29, 0.717) is 5.71 Å². The van der Waals surface area contributed by atoms with E-state index < -0.39 is 0 Å². The van der Waals surface area contributed by atoms with Crippen molar-refractivity contribution in [3.63, 3.8) is 0 Å². The third-order valence-electron chi connectivity index (χ3n) is 1.50. The second-order valence-electron chi connectivity index (χ2n) is 2.24. The average molecular weight is 213 g/mol. The molecule has 0 radical (unpaired) electrons. The van der Waals surface area contributed by atoms with Gasteiger partial charge in [-0.3, -0.25) is 0 Å². The summed E-state index contributed by atoms with van der Waals surface area (Å²) in [6, 6.07) is 1.87. The first kappa shape index (κ1) is 6.79. The van der Waals surface area contributed by atoms with Gasteiger partial charge in [0.2, 0.25) is 0 Å². The van der Waals surface area contributed by atoms with Crippen LogP contribution in [-0.4, -0.2) is 10.1 Å². The Morgan fingerprint density at radius 3 is 3.09 bits per heavy atom. The van der Waals surface area contributed by atoms with E-state index in [-0.39, 0.29) is 0 Å². The molecular weight excluding hydrogens is 208 g/mol. The number of hydrogen-bond donors (Lipinski definition) is 0. The molecule has 0 bridgehead atoms. The van der Waals surface area contributed by atoms with Gasteiger partial charge in [0.25, 0.3) is 5.71 Å². The molecule has 0 spiro atoms. The van der Waals surface area contributed by atoms with Crippen LogP contribution in [0.15, 0.2) is 21.3 Å². The monoisotopic (exact) mass is 212 g/mol. The zero-order valence-electron chi connectivity index (χ0n) is 5.84. The Hall–Kier alpha value is -0.900. The maximum atomic E-state index is 4.94. The molecule has 2 heterocycles. The topological polar surface area (TPSA) is 38.9 Å². The van der Waals surface area contributed by atoms with Gasteiger partial charge in [-0.25, -0.2) is 4.98 Å². The number of fused-ring (bicyclic) bond motifs is 1. The Labute approximate surface area is 71.5 Å². The van der Waals surface area contributed by atoms with Crippen LogP contribution in [0.4, 0.5) is 0 Å². The van der Waals surface area contributed by atoms with Crippen molar-refractivity contribution in [1.29, 1.82) is 0 Å². The molecule has 0 saturated carbocycles. The molecule has 0 aromatic carbocycles. The summed E-state index contributed by atoms with van der Waals surface area (Å²) in [5, 5.41) is 4.74. The van der Waals surface area contributed by atoms with Crippen LogP contribution in [0.2, 0.25) is 0 Å². The van der Waals surface area contributed by atoms with Crippen LogP contribution in [0.1, 0.15) is 5.69 Å². The van der Waals surface area contributed by atoms with Crippen LogP contribution in [0.25, 0.3) is 11.1 Å². The second-order valence-corrected chi connectivity index (χ2v) is 3.10. The fraction of sp³-hybridized carbons (Fsp3) is 0.143. The van der Waals surface area contributed by atoms with Crippen molar-refractivity contribution in [3.8, 4) is 0 Å². The van der Waals surface area contributed by atoms with Gasteiger partial charge in [-0.1, -0.05) is 5.16 Å². The van der Waals surface area contributed by atoms with Gasteiger partial charge in [0.1, 0.15) is 0 Å². The predicted octanol–water partition coefficient (Wildman–Crippen LogP) is 2.29. The molecular formula is C7H5BrN2O. The highest BCUT2D eigenvalue weighted by Gasteiger charge is 2.07. The smallest absolute Gasteiger partial charge is 0.259 e. The van der Waals surface area contributed by atoms with Gasteiger partial charge >= 0.3 is 0 Å². The first-order valence-corrected chi connectivity index (χ1v) is 3.95. The summed E-state index contributed by atoms with van der Waals surface area (Å²) in [6.45, 7) is 1.89. The fourth-order valence-corrected chi connectivity index (χ4v) is 1.55. The average Bonchev–Trinajstić information content (AvgIpc) is 2.34. The zero-order chi connectivity index (χ0) is 7.84. The summed E-state index contributed by atoms with van der Waals surface area (Å²) in [4.78, 5) is 4.00. The maximum Gasteiger partial charge on any atom is 0.259 e. The third-order valence-corrected chi connectivity index (χ3v) is 2.16. The molecule has 0 amide bonds. The SMILES string of the molecule is Cc1noc2nccc(Br)c12. The summed E-state index contributed by atoms with van der Waals surface area (Å²) < 4.78 is 5.91. The van der Waals surface area contributed by atoms with Gasteiger partial charge < -0.3 is 4.52 Å². The molecule has 0 aliphatic carbocycles. The van der Waals surface area contributed by atoms with Crippen LogP contribution in [0.5, 0.6) is 0 Å². The highest BCUT2D eigenvalue weighted by atomic mass is 79.9. The summed E-state index contributed by atoms with van der Waals surface area (Å²) in [5.74, 6) is 0. The molecule has 0 N–H and O–H groups in total. The maximum absolute atomic E-state index is 4.94. The van der Waals surface area contributed by atoms with E-state index in [2.05, 4.69) is 26.1 Å². The van der Waals surface area contributed by atoms with E-state index in [1.165, 1.54) is 0 Å². The first-order valence-electron chi connectivity index (χ1n) is 3.15. The van der Waals surface area contributed by atoms with Crippen molar-refractivity contribution in [1.82, 2.24) is 10.1 Å². The molecule has 0 saturated heterocycles. The molecule has 0 aliphatic heterocycles. The Morgan fingerprint density at radius 2 is 2.36 bits per heavy atom. The van der Waals surface area contributed by atoms with Crippen LogP contribution in [0, 0.1) is 6.92 Å². The van der Waals surface area contributed by atoms with Gasteiger partial charge in [0.15, 0.2) is 0 Å². The zero-order valence-corrected chi connectivity index (χ0v) is 7.42. The number of rotatable bonds is 0. The van der Waals surface area contributed by atoms with Crippen molar-refractivity contribution in [3.05, 3.63) is 22.4 Å². The van der Waals surface area contributed by atoms with Crippen molar-refractivity contribution < 1.29 is 4.52 Å². The molecule has 11 heavy (non-hydrogen) atoms. The lowest BCUT2D eigenvalue weighted by Gasteiger charge is -1.88. The second kappa shape index (κ2) is 2.30. The number of aryl methyl sites for hydroxylation is 1. The fourth-order valence-electron chi connectivity index (χ4n) is 0.975. The van der Waals surface area contributed by atoms with Crippen LogP contribution >= 0.6 is 15.9 Å². The van der Waals surface area contributed by atoms with Crippen molar-refractivity contribution in [2.24, 2.45) is 0 Å². The molecule has 0 fully saturated rings. The minimum Gasteiger partial charge on any atom is -0.336 e.